The van der Waals surface area contributed by atoms with Crippen LogP contribution in [0.15, 0.2) is 24.3 Å². The van der Waals surface area contributed by atoms with Gasteiger partial charge in [-0.1, -0.05) is 17.7 Å². The molecule has 3 heteroatoms. The first-order valence-corrected chi connectivity index (χ1v) is 5.76. The maximum absolute atomic E-state index is 9.08. The van der Waals surface area contributed by atoms with Crippen LogP contribution in [0.1, 0.15) is 18.4 Å². The standard InChI is InChI=1S/C13H21NO2/c1-11-2-4-13(5-3-11)16-9-7-12(10-15)6-8-14/h2-5,12,15H,6-10,14H2,1H3. The molecule has 1 aromatic carbocycles. The van der Waals surface area contributed by atoms with Crippen molar-refractivity contribution in [1.82, 2.24) is 0 Å². The molecular weight excluding hydrogens is 202 g/mol. The zero-order valence-corrected chi connectivity index (χ0v) is 9.86. The lowest BCUT2D eigenvalue weighted by atomic mass is 10.0. The molecule has 1 aromatic rings. The number of aliphatic hydroxyl groups excluding tert-OH is 1. The van der Waals surface area contributed by atoms with Crippen LogP contribution >= 0.6 is 0 Å². The van der Waals surface area contributed by atoms with E-state index >= 15 is 0 Å². The fraction of sp³-hybridized carbons (Fsp3) is 0.538. The van der Waals surface area contributed by atoms with Gasteiger partial charge in [0.05, 0.1) is 6.61 Å². The summed E-state index contributed by atoms with van der Waals surface area (Å²) in [6.07, 6.45) is 1.70. The van der Waals surface area contributed by atoms with Crippen molar-refractivity contribution < 1.29 is 9.84 Å². The summed E-state index contributed by atoms with van der Waals surface area (Å²) in [5.41, 5.74) is 6.68. The van der Waals surface area contributed by atoms with Gasteiger partial charge in [0.2, 0.25) is 0 Å². The van der Waals surface area contributed by atoms with Gasteiger partial charge in [-0.25, -0.2) is 0 Å². The number of aliphatic hydroxyl groups is 1. The van der Waals surface area contributed by atoms with Crippen LogP contribution in [0.2, 0.25) is 0 Å². The van der Waals surface area contributed by atoms with Gasteiger partial charge in [-0.15, -0.1) is 0 Å². The van der Waals surface area contributed by atoms with Crippen LogP contribution in [0.5, 0.6) is 5.75 Å². The van der Waals surface area contributed by atoms with E-state index in [0.29, 0.717) is 13.2 Å². The van der Waals surface area contributed by atoms with E-state index in [1.165, 1.54) is 5.56 Å². The van der Waals surface area contributed by atoms with Crippen LogP contribution < -0.4 is 10.5 Å². The molecule has 90 valence electrons. The van der Waals surface area contributed by atoms with Gasteiger partial charge in [0, 0.05) is 6.61 Å². The van der Waals surface area contributed by atoms with E-state index in [2.05, 4.69) is 0 Å². The summed E-state index contributed by atoms with van der Waals surface area (Å²) >= 11 is 0. The van der Waals surface area contributed by atoms with Gasteiger partial charge in [-0.05, 0) is 44.4 Å². The first-order chi connectivity index (χ1) is 7.76. The summed E-state index contributed by atoms with van der Waals surface area (Å²) in [6.45, 7) is 3.49. The SMILES string of the molecule is Cc1ccc(OCCC(CO)CCN)cc1. The monoisotopic (exact) mass is 223 g/mol. The molecule has 1 unspecified atom stereocenters. The third-order valence-corrected chi connectivity index (χ3v) is 2.65. The Labute approximate surface area is 97.2 Å². The molecule has 0 saturated carbocycles. The summed E-state index contributed by atoms with van der Waals surface area (Å²) in [7, 11) is 0. The number of benzene rings is 1. The second-order valence-electron chi connectivity index (χ2n) is 4.08. The molecule has 16 heavy (non-hydrogen) atoms. The molecule has 1 rings (SSSR count). The molecule has 0 fully saturated rings. The third-order valence-electron chi connectivity index (χ3n) is 2.65. The number of ether oxygens (including phenoxy) is 1. The summed E-state index contributed by atoms with van der Waals surface area (Å²) in [5, 5.41) is 9.08. The van der Waals surface area contributed by atoms with Gasteiger partial charge in [-0.2, -0.15) is 0 Å². The fourth-order valence-corrected chi connectivity index (χ4v) is 1.54. The van der Waals surface area contributed by atoms with Crippen LogP contribution in [-0.4, -0.2) is 24.9 Å². The number of rotatable bonds is 7. The van der Waals surface area contributed by atoms with E-state index in [4.69, 9.17) is 15.6 Å². The van der Waals surface area contributed by atoms with Crippen molar-refractivity contribution in [3.63, 3.8) is 0 Å². The molecule has 0 spiro atoms. The van der Waals surface area contributed by atoms with Gasteiger partial charge in [0.15, 0.2) is 0 Å². The van der Waals surface area contributed by atoms with E-state index in [1.807, 2.05) is 31.2 Å². The van der Waals surface area contributed by atoms with E-state index in [-0.39, 0.29) is 12.5 Å². The normalized spacial score (nSPS) is 12.4. The van der Waals surface area contributed by atoms with Gasteiger partial charge < -0.3 is 15.6 Å². The van der Waals surface area contributed by atoms with Gasteiger partial charge in [0.25, 0.3) is 0 Å². The van der Waals surface area contributed by atoms with Gasteiger partial charge >= 0.3 is 0 Å². The molecule has 0 amide bonds. The van der Waals surface area contributed by atoms with Crippen molar-refractivity contribution in [3.05, 3.63) is 29.8 Å². The fourth-order valence-electron chi connectivity index (χ4n) is 1.54. The minimum absolute atomic E-state index is 0.189. The predicted molar refractivity (Wildman–Crippen MR) is 65.5 cm³/mol. The maximum atomic E-state index is 9.08. The van der Waals surface area contributed by atoms with E-state index in [1.54, 1.807) is 0 Å². The molecule has 0 aliphatic heterocycles. The molecule has 0 bridgehead atoms. The molecule has 0 heterocycles. The average Bonchev–Trinajstić information content (AvgIpc) is 2.30. The lowest BCUT2D eigenvalue weighted by Gasteiger charge is -2.13. The highest BCUT2D eigenvalue weighted by atomic mass is 16.5. The van der Waals surface area contributed by atoms with Crippen LogP contribution in [0.25, 0.3) is 0 Å². The van der Waals surface area contributed by atoms with Crippen LogP contribution in [0, 0.1) is 12.8 Å². The highest BCUT2D eigenvalue weighted by Gasteiger charge is 2.06. The number of hydrogen-bond donors (Lipinski definition) is 2. The van der Waals surface area contributed by atoms with E-state index < -0.39 is 0 Å². The zero-order valence-electron chi connectivity index (χ0n) is 9.86. The second-order valence-corrected chi connectivity index (χ2v) is 4.08. The molecular formula is C13H21NO2. The Morgan fingerprint density at radius 1 is 1.25 bits per heavy atom. The highest BCUT2D eigenvalue weighted by molar-refractivity contribution is 5.26. The van der Waals surface area contributed by atoms with Crippen molar-refractivity contribution in [1.29, 1.82) is 0 Å². The first kappa shape index (κ1) is 13.0. The number of aryl methyl sites for hydroxylation is 1. The predicted octanol–water partition coefficient (Wildman–Crippen LogP) is 1.72. The van der Waals surface area contributed by atoms with Gasteiger partial charge in [0.1, 0.15) is 5.75 Å². The molecule has 0 aliphatic rings. The van der Waals surface area contributed by atoms with E-state index in [0.717, 1.165) is 18.6 Å². The quantitative estimate of drug-likeness (QED) is 0.740. The van der Waals surface area contributed by atoms with Crippen LogP contribution in [0.3, 0.4) is 0 Å². The minimum atomic E-state index is 0.189. The van der Waals surface area contributed by atoms with Crippen molar-refractivity contribution in [2.75, 3.05) is 19.8 Å². The Bertz CT molecular complexity index is 284. The smallest absolute Gasteiger partial charge is 0.119 e. The first-order valence-electron chi connectivity index (χ1n) is 5.76. The molecule has 3 nitrogen and oxygen atoms in total. The Morgan fingerprint density at radius 3 is 2.50 bits per heavy atom. The zero-order chi connectivity index (χ0) is 11.8. The summed E-state index contributed by atoms with van der Waals surface area (Å²) in [5.74, 6) is 1.14. The maximum Gasteiger partial charge on any atom is 0.119 e. The van der Waals surface area contributed by atoms with Crippen molar-refractivity contribution in [3.8, 4) is 5.75 Å². The Morgan fingerprint density at radius 2 is 1.94 bits per heavy atom. The van der Waals surface area contributed by atoms with Crippen molar-refractivity contribution in [2.24, 2.45) is 11.7 Å². The summed E-state index contributed by atoms with van der Waals surface area (Å²) < 4.78 is 5.59. The Balaban J connectivity index is 2.26. The molecule has 0 saturated heterocycles. The second kappa shape index (κ2) is 7.25. The number of nitrogens with two attached hydrogens (primary N) is 1. The summed E-state index contributed by atoms with van der Waals surface area (Å²) in [4.78, 5) is 0. The lowest BCUT2D eigenvalue weighted by Crippen LogP contribution is -2.15. The molecule has 0 radical (unpaired) electrons. The minimum Gasteiger partial charge on any atom is -0.494 e. The van der Waals surface area contributed by atoms with Crippen molar-refractivity contribution >= 4 is 0 Å². The van der Waals surface area contributed by atoms with E-state index in [9.17, 15) is 0 Å². The number of hydrogen-bond acceptors (Lipinski definition) is 3. The third kappa shape index (κ3) is 4.64. The van der Waals surface area contributed by atoms with Crippen LogP contribution in [0.4, 0.5) is 0 Å². The molecule has 3 N–H and O–H groups in total. The Hall–Kier alpha value is -1.06. The molecule has 0 aromatic heterocycles. The highest BCUT2D eigenvalue weighted by Crippen LogP contribution is 2.13. The molecule has 0 aliphatic carbocycles. The largest absolute Gasteiger partial charge is 0.494 e. The summed E-state index contributed by atoms with van der Waals surface area (Å²) in [6, 6.07) is 7.98. The topological polar surface area (TPSA) is 55.5 Å². The lowest BCUT2D eigenvalue weighted by molar-refractivity contribution is 0.186. The van der Waals surface area contributed by atoms with Gasteiger partial charge in [-0.3, -0.25) is 0 Å². The average molecular weight is 223 g/mol. The molecule has 1 atom stereocenters. The van der Waals surface area contributed by atoms with Crippen LogP contribution in [-0.2, 0) is 0 Å². The van der Waals surface area contributed by atoms with Crippen molar-refractivity contribution in [2.45, 2.75) is 19.8 Å². The Kier molecular flexibility index (Phi) is 5.90.